The van der Waals surface area contributed by atoms with Crippen LogP contribution in [0.3, 0.4) is 0 Å². The molecule has 9 nitrogen and oxygen atoms in total. The van der Waals surface area contributed by atoms with Crippen molar-refractivity contribution in [1.29, 1.82) is 0 Å². The van der Waals surface area contributed by atoms with E-state index in [2.05, 4.69) is 20.1 Å². The van der Waals surface area contributed by atoms with Crippen LogP contribution in [-0.4, -0.2) is 22.9 Å². The van der Waals surface area contributed by atoms with Gasteiger partial charge in [0, 0.05) is 22.7 Å². The molecule has 0 fully saturated rings. The van der Waals surface area contributed by atoms with E-state index in [0.717, 1.165) is 11.1 Å². The lowest BCUT2D eigenvalue weighted by molar-refractivity contribution is 0.262. The lowest BCUT2D eigenvalue weighted by atomic mass is 10.1. The average molecular weight is 607 g/mol. The Bertz CT molecular complexity index is 1680. The summed E-state index contributed by atoms with van der Waals surface area (Å²) >= 11 is 0. The Labute approximate surface area is 247 Å². The summed E-state index contributed by atoms with van der Waals surface area (Å²) in [7, 11) is -7.60. The number of urea groups is 1. The lowest BCUT2D eigenvalue weighted by Crippen LogP contribution is -2.19. The molecule has 0 saturated heterocycles. The van der Waals surface area contributed by atoms with Crippen molar-refractivity contribution < 1.29 is 21.6 Å². The second kappa shape index (κ2) is 11.9. The number of nitrogens with one attached hydrogen (secondary N) is 4. The molecule has 2 amide bonds. The number of anilines is 4. The Balaban J connectivity index is 1.37. The molecule has 4 rings (SSSR count). The van der Waals surface area contributed by atoms with Gasteiger partial charge in [-0.3, -0.25) is 9.44 Å². The van der Waals surface area contributed by atoms with Crippen LogP contribution in [0, 0.1) is 41.5 Å². The van der Waals surface area contributed by atoms with Crippen LogP contribution in [0.4, 0.5) is 27.5 Å². The van der Waals surface area contributed by atoms with E-state index >= 15 is 0 Å². The minimum absolute atomic E-state index is 0.244. The maximum absolute atomic E-state index is 13.0. The molecule has 0 heterocycles. The highest BCUT2D eigenvalue weighted by atomic mass is 32.2. The Kier molecular flexibility index (Phi) is 8.65. The standard InChI is InChI=1S/C31H34N4O5S2/c1-19-15-21(3)29(22(4)16-19)41(37,38)34-27-11-7-25(8-12-27)32-31(36)33-26-9-13-28(14-10-26)35-42(39,40)30-23(5)17-20(2)18-24(30)6/h7-18,34-35H,1-6H3,(H2,32,33,36). The zero-order chi connectivity index (χ0) is 30.8. The summed E-state index contributed by atoms with van der Waals surface area (Å²) in [5.74, 6) is 0. The van der Waals surface area contributed by atoms with Gasteiger partial charge in [0.2, 0.25) is 0 Å². The minimum atomic E-state index is -3.80. The number of aryl methyl sites for hydroxylation is 6. The third-order valence-electron chi connectivity index (χ3n) is 6.54. The van der Waals surface area contributed by atoms with Gasteiger partial charge >= 0.3 is 6.03 Å². The predicted molar refractivity (Wildman–Crippen MR) is 168 cm³/mol. The predicted octanol–water partition coefficient (Wildman–Crippen LogP) is 6.78. The van der Waals surface area contributed by atoms with Crippen molar-refractivity contribution in [2.75, 3.05) is 20.1 Å². The zero-order valence-electron chi connectivity index (χ0n) is 24.3. The van der Waals surface area contributed by atoms with Crippen molar-refractivity contribution in [1.82, 2.24) is 0 Å². The highest BCUT2D eigenvalue weighted by molar-refractivity contribution is 7.93. The summed E-state index contributed by atoms with van der Waals surface area (Å²) in [6, 6.07) is 19.4. The van der Waals surface area contributed by atoms with Crippen LogP contribution < -0.4 is 20.1 Å². The van der Waals surface area contributed by atoms with E-state index in [1.807, 2.05) is 38.1 Å². The molecule has 4 aromatic rings. The minimum Gasteiger partial charge on any atom is -0.308 e. The van der Waals surface area contributed by atoms with E-state index in [1.54, 1.807) is 76.2 Å². The topological polar surface area (TPSA) is 133 Å². The van der Waals surface area contributed by atoms with Crippen LogP contribution >= 0.6 is 0 Å². The molecule has 0 radical (unpaired) electrons. The Morgan fingerprint density at radius 2 is 0.738 bits per heavy atom. The third kappa shape index (κ3) is 7.10. The molecule has 0 spiro atoms. The summed E-state index contributed by atoms with van der Waals surface area (Å²) in [6.07, 6.45) is 0. The van der Waals surface area contributed by atoms with Gasteiger partial charge in [-0.1, -0.05) is 35.4 Å². The fourth-order valence-electron chi connectivity index (χ4n) is 5.13. The van der Waals surface area contributed by atoms with E-state index in [4.69, 9.17) is 0 Å². The number of hydrogen-bond donors (Lipinski definition) is 4. The van der Waals surface area contributed by atoms with Crippen molar-refractivity contribution in [3.8, 4) is 0 Å². The number of carbonyl (C=O) groups is 1. The third-order valence-corrected chi connectivity index (χ3v) is 9.91. The van der Waals surface area contributed by atoms with Crippen molar-refractivity contribution >= 4 is 48.8 Å². The van der Waals surface area contributed by atoms with E-state index in [1.165, 1.54) is 0 Å². The fourth-order valence-corrected chi connectivity index (χ4v) is 8.16. The number of carbonyl (C=O) groups excluding carboxylic acids is 1. The normalized spacial score (nSPS) is 11.6. The molecular weight excluding hydrogens is 572 g/mol. The molecular formula is C31H34N4O5S2. The van der Waals surface area contributed by atoms with Crippen molar-refractivity contribution in [2.45, 2.75) is 51.3 Å². The smallest absolute Gasteiger partial charge is 0.308 e. The van der Waals surface area contributed by atoms with E-state index in [-0.39, 0.29) is 9.79 Å². The van der Waals surface area contributed by atoms with Crippen molar-refractivity contribution in [2.24, 2.45) is 0 Å². The van der Waals surface area contributed by atoms with Gasteiger partial charge in [0.15, 0.2) is 0 Å². The average Bonchev–Trinajstić information content (AvgIpc) is 2.84. The molecule has 11 heteroatoms. The van der Waals surface area contributed by atoms with Gasteiger partial charge in [-0.25, -0.2) is 21.6 Å². The van der Waals surface area contributed by atoms with Crippen LogP contribution in [0.1, 0.15) is 33.4 Å². The molecule has 0 unspecified atom stereocenters. The first-order chi connectivity index (χ1) is 19.6. The molecule has 0 aromatic heterocycles. The number of rotatable bonds is 8. The SMILES string of the molecule is Cc1cc(C)c(S(=O)(=O)Nc2ccc(NC(=O)Nc3ccc(NS(=O)(=O)c4c(C)cc(C)cc4C)cc3)cc2)c(C)c1. The number of sulfonamides is 2. The van der Waals surface area contributed by atoms with E-state index in [9.17, 15) is 21.6 Å². The number of benzene rings is 4. The molecule has 220 valence electrons. The van der Waals surface area contributed by atoms with Gasteiger partial charge in [0.25, 0.3) is 20.0 Å². The van der Waals surface area contributed by atoms with Gasteiger partial charge in [0.1, 0.15) is 0 Å². The number of amides is 2. The first-order valence-corrected chi connectivity index (χ1v) is 16.1. The molecule has 0 aliphatic carbocycles. The first kappa shape index (κ1) is 30.6. The first-order valence-electron chi connectivity index (χ1n) is 13.1. The quantitative estimate of drug-likeness (QED) is 0.175. The van der Waals surface area contributed by atoms with Crippen LogP contribution in [-0.2, 0) is 20.0 Å². The van der Waals surface area contributed by atoms with Crippen LogP contribution in [0.15, 0.2) is 82.6 Å². The van der Waals surface area contributed by atoms with Crippen molar-refractivity contribution in [3.05, 3.63) is 106 Å². The summed E-state index contributed by atoms with van der Waals surface area (Å²) in [6.45, 7) is 10.9. The molecule has 4 aromatic carbocycles. The van der Waals surface area contributed by atoms with Gasteiger partial charge in [0.05, 0.1) is 9.79 Å². The summed E-state index contributed by atoms with van der Waals surface area (Å²) in [4.78, 5) is 13.0. The van der Waals surface area contributed by atoms with Crippen molar-refractivity contribution in [3.63, 3.8) is 0 Å². The monoisotopic (exact) mass is 606 g/mol. The Hall–Kier alpha value is -4.35. The summed E-state index contributed by atoms with van der Waals surface area (Å²) < 4.78 is 57.2. The van der Waals surface area contributed by atoms with E-state index < -0.39 is 26.1 Å². The molecule has 0 aliphatic heterocycles. The second-order valence-electron chi connectivity index (χ2n) is 10.4. The maximum Gasteiger partial charge on any atom is 0.323 e. The fraction of sp³-hybridized carbons (Fsp3) is 0.194. The van der Waals surface area contributed by atoms with Crippen LogP contribution in [0.25, 0.3) is 0 Å². The molecule has 0 saturated carbocycles. The lowest BCUT2D eigenvalue weighted by Gasteiger charge is -2.15. The number of hydrogen-bond acceptors (Lipinski definition) is 5. The molecule has 0 atom stereocenters. The summed E-state index contributed by atoms with van der Waals surface area (Å²) in [5.41, 5.74) is 6.24. The maximum atomic E-state index is 13.0. The Morgan fingerprint density at radius 3 is 1.02 bits per heavy atom. The Morgan fingerprint density at radius 1 is 0.476 bits per heavy atom. The highest BCUT2D eigenvalue weighted by Crippen LogP contribution is 2.26. The molecule has 42 heavy (non-hydrogen) atoms. The summed E-state index contributed by atoms with van der Waals surface area (Å²) in [5, 5.41) is 5.38. The van der Waals surface area contributed by atoms with Gasteiger partial charge in [-0.2, -0.15) is 0 Å². The van der Waals surface area contributed by atoms with Gasteiger partial charge in [-0.05, 0) is 112 Å². The molecule has 0 bridgehead atoms. The second-order valence-corrected chi connectivity index (χ2v) is 13.6. The van der Waals surface area contributed by atoms with Crippen LogP contribution in [0.5, 0.6) is 0 Å². The van der Waals surface area contributed by atoms with E-state index in [0.29, 0.717) is 45.0 Å². The van der Waals surface area contributed by atoms with Gasteiger partial charge in [-0.15, -0.1) is 0 Å². The molecule has 4 N–H and O–H groups in total. The zero-order valence-corrected chi connectivity index (χ0v) is 25.9. The van der Waals surface area contributed by atoms with Gasteiger partial charge < -0.3 is 10.6 Å². The highest BCUT2D eigenvalue weighted by Gasteiger charge is 2.21. The molecule has 0 aliphatic rings. The largest absolute Gasteiger partial charge is 0.323 e. The van der Waals surface area contributed by atoms with Crippen LogP contribution in [0.2, 0.25) is 0 Å².